The number of aliphatic hydroxyl groups is 1. The van der Waals surface area contributed by atoms with Gasteiger partial charge in [-0.2, -0.15) is 0 Å². The maximum absolute atomic E-state index is 13.2. The van der Waals surface area contributed by atoms with E-state index in [1.165, 1.54) is 6.07 Å². The largest absolute Gasteiger partial charge is 0.487 e. The molecule has 0 unspecified atom stereocenters. The normalized spacial score (nSPS) is 11.3. The number of anilines is 2. The highest BCUT2D eigenvalue weighted by Gasteiger charge is 2.18. The predicted molar refractivity (Wildman–Crippen MR) is 147 cm³/mol. The molecule has 0 radical (unpaired) electrons. The van der Waals surface area contributed by atoms with Crippen molar-refractivity contribution in [2.45, 2.75) is 33.1 Å². The predicted octanol–water partition coefficient (Wildman–Crippen LogP) is 4.04. The maximum atomic E-state index is 13.2. The second kappa shape index (κ2) is 13.4. The Hall–Kier alpha value is -4.48. The molecule has 3 aromatic rings. The van der Waals surface area contributed by atoms with Gasteiger partial charge in [0.05, 0.1) is 18.3 Å². The third-order valence-electron chi connectivity index (χ3n) is 5.32. The lowest BCUT2D eigenvalue weighted by Crippen LogP contribution is -2.17. The molecule has 12 heteroatoms. The number of carboxylic acids is 1. The van der Waals surface area contributed by atoms with E-state index in [2.05, 4.69) is 15.8 Å². The summed E-state index contributed by atoms with van der Waals surface area (Å²) >= 11 is 6.18. The van der Waals surface area contributed by atoms with Gasteiger partial charge >= 0.3 is 5.97 Å². The van der Waals surface area contributed by atoms with Crippen molar-refractivity contribution in [3.63, 3.8) is 0 Å². The van der Waals surface area contributed by atoms with Gasteiger partial charge in [0, 0.05) is 34.1 Å². The SMILES string of the molecule is CC(C)Oc1cc(CO)cc(CNc2ccc(Cl)cc2C(=O)Nc2ccc(/C(N)=N/O)cc2)c1OCC(=O)O. The number of halogens is 1. The van der Waals surface area contributed by atoms with Crippen molar-refractivity contribution in [1.29, 1.82) is 0 Å². The fraction of sp³-hybridized carbons (Fsp3) is 0.222. The summed E-state index contributed by atoms with van der Waals surface area (Å²) in [6, 6.07) is 14.4. The first-order chi connectivity index (χ1) is 18.6. The van der Waals surface area contributed by atoms with E-state index in [-0.39, 0.29) is 36.4 Å². The first kappa shape index (κ1) is 29.1. The summed E-state index contributed by atoms with van der Waals surface area (Å²) in [6.07, 6.45) is -0.236. The molecule has 0 aliphatic rings. The van der Waals surface area contributed by atoms with Crippen LogP contribution in [0.15, 0.2) is 59.8 Å². The van der Waals surface area contributed by atoms with Gasteiger partial charge in [-0.05, 0) is 74.0 Å². The number of oxime groups is 1. The van der Waals surface area contributed by atoms with Crippen LogP contribution < -0.4 is 25.8 Å². The quantitative estimate of drug-likeness (QED) is 0.0831. The second-order valence-electron chi connectivity index (χ2n) is 8.65. The number of carbonyl (C=O) groups is 2. The fourth-order valence-corrected chi connectivity index (χ4v) is 3.79. The van der Waals surface area contributed by atoms with Gasteiger partial charge in [-0.15, -0.1) is 0 Å². The average molecular weight is 557 g/mol. The number of amidine groups is 1. The second-order valence-corrected chi connectivity index (χ2v) is 9.09. The van der Waals surface area contributed by atoms with Gasteiger partial charge in [-0.25, -0.2) is 4.79 Å². The van der Waals surface area contributed by atoms with E-state index in [0.717, 1.165) is 0 Å². The highest BCUT2D eigenvalue weighted by atomic mass is 35.5. The van der Waals surface area contributed by atoms with Crippen molar-refractivity contribution in [2.75, 3.05) is 17.2 Å². The Balaban J connectivity index is 1.89. The van der Waals surface area contributed by atoms with Crippen LogP contribution in [-0.2, 0) is 17.9 Å². The van der Waals surface area contributed by atoms with Gasteiger partial charge in [-0.1, -0.05) is 16.8 Å². The van der Waals surface area contributed by atoms with Gasteiger partial charge in [0.25, 0.3) is 5.91 Å². The van der Waals surface area contributed by atoms with Crippen LogP contribution in [0.1, 0.15) is 40.9 Å². The van der Waals surface area contributed by atoms with Gasteiger partial charge in [0.15, 0.2) is 23.9 Å². The Kier molecular flexibility index (Phi) is 9.96. The molecule has 0 saturated heterocycles. The lowest BCUT2D eigenvalue weighted by molar-refractivity contribution is -0.139. The Morgan fingerprint density at radius 3 is 2.44 bits per heavy atom. The van der Waals surface area contributed by atoms with Crippen molar-refractivity contribution >= 4 is 40.7 Å². The highest BCUT2D eigenvalue weighted by Crippen LogP contribution is 2.35. The van der Waals surface area contributed by atoms with Gasteiger partial charge in [-0.3, -0.25) is 4.79 Å². The summed E-state index contributed by atoms with van der Waals surface area (Å²) in [7, 11) is 0. The Morgan fingerprint density at radius 2 is 1.82 bits per heavy atom. The standard InChI is InChI=1S/C27H29ClN4O7/c1-15(2)39-23-10-16(13-33)9-18(25(23)38-14-24(34)35)12-30-22-8-5-19(28)11-21(22)27(36)31-20-6-3-17(4-7-20)26(29)32-37/h3-11,15,30,33,37H,12-14H2,1-2H3,(H2,29,32)(H,31,36)(H,34,35). The molecule has 3 rings (SSSR count). The number of carbonyl (C=O) groups excluding carboxylic acids is 1. The summed E-state index contributed by atoms with van der Waals surface area (Å²) in [5.41, 5.74) is 8.26. The van der Waals surface area contributed by atoms with Crippen LogP contribution in [0.4, 0.5) is 11.4 Å². The van der Waals surface area contributed by atoms with Gasteiger partial charge < -0.3 is 41.3 Å². The highest BCUT2D eigenvalue weighted by molar-refractivity contribution is 6.31. The number of amides is 1. The lowest BCUT2D eigenvalue weighted by atomic mass is 10.1. The maximum Gasteiger partial charge on any atom is 0.341 e. The number of carboxylic acid groups (broad SMARTS) is 1. The zero-order chi connectivity index (χ0) is 28.5. The van der Waals surface area contributed by atoms with E-state index in [9.17, 15) is 14.7 Å². The van der Waals surface area contributed by atoms with Crippen molar-refractivity contribution in [3.8, 4) is 11.5 Å². The van der Waals surface area contributed by atoms with Crippen LogP contribution >= 0.6 is 11.6 Å². The van der Waals surface area contributed by atoms with Gasteiger partial charge in [0.1, 0.15) is 0 Å². The third-order valence-corrected chi connectivity index (χ3v) is 5.55. The summed E-state index contributed by atoms with van der Waals surface area (Å²) in [5.74, 6) is -1.17. The lowest BCUT2D eigenvalue weighted by Gasteiger charge is -2.20. The van der Waals surface area contributed by atoms with Crippen molar-refractivity contribution < 1.29 is 34.5 Å². The van der Waals surface area contributed by atoms with Crippen molar-refractivity contribution in [2.24, 2.45) is 10.9 Å². The third kappa shape index (κ3) is 8.00. The molecule has 7 N–H and O–H groups in total. The molecule has 0 spiro atoms. The first-order valence-electron chi connectivity index (χ1n) is 11.8. The molecule has 11 nitrogen and oxygen atoms in total. The van der Waals surface area contributed by atoms with Gasteiger partial charge in [0.2, 0.25) is 0 Å². The van der Waals surface area contributed by atoms with Crippen molar-refractivity contribution in [1.82, 2.24) is 0 Å². The molecule has 3 aromatic carbocycles. The molecule has 1 amide bonds. The number of rotatable bonds is 12. The fourth-order valence-electron chi connectivity index (χ4n) is 3.61. The average Bonchev–Trinajstić information content (AvgIpc) is 2.90. The zero-order valence-corrected chi connectivity index (χ0v) is 22.0. The summed E-state index contributed by atoms with van der Waals surface area (Å²) in [4.78, 5) is 24.3. The summed E-state index contributed by atoms with van der Waals surface area (Å²) in [6.45, 7) is 2.86. The smallest absolute Gasteiger partial charge is 0.341 e. The summed E-state index contributed by atoms with van der Waals surface area (Å²) < 4.78 is 11.4. The van der Waals surface area contributed by atoms with Crippen LogP contribution in [0, 0.1) is 0 Å². The zero-order valence-electron chi connectivity index (χ0n) is 21.3. The van der Waals surface area contributed by atoms with E-state index >= 15 is 0 Å². The van der Waals surface area contributed by atoms with Crippen molar-refractivity contribution in [3.05, 3.63) is 81.9 Å². The van der Waals surface area contributed by atoms with E-state index in [4.69, 9.17) is 37.1 Å². The number of aliphatic hydroxyl groups excluding tert-OH is 1. The first-order valence-corrected chi connectivity index (χ1v) is 12.2. The van der Waals surface area contributed by atoms with E-state index < -0.39 is 18.5 Å². The number of aliphatic carboxylic acids is 1. The Morgan fingerprint density at radius 1 is 1.10 bits per heavy atom. The molecule has 0 aromatic heterocycles. The van der Waals surface area contributed by atoms with E-state index in [1.807, 2.05) is 13.8 Å². The minimum Gasteiger partial charge on any atom is -0.487 e. The molecule has 206 valence electrons. The minimum atomic E-state index is -1.16. The van der Waals surface area contributed by atoms with E-state index in [1.54, 1.807) is 48.5 Å². The molecule has 0 aliphatic carbocycles. The van der Waals surface area contributed by atoms with Crippen LogP contribution in [0.5, 0.6) is 11.5 Å². The van der Waals surface area contributed by atoms with E-state index in [0.29, 0.717) is 38.8 Å². The number of ether oxygens (including phenoxy) is 2. The number of nitrogens with two attached hydrogens (primary N) is 1. The van der Waals surface area contributed by atoms with Crippen LogP contribution in [0.2, 0.25) is 5.02 Å². The molecule has 0 bridgehead atoms. The molecule has 0 atom stereocenters. The monoisotopic (exact) mass is 556 g/mol. The topological polar surface area (TPSA) is 176 Å². The summed E-state index contributed by atoms with van der Waals surface area (Å²) in [5, 5.41) is 37.0. The van der Waals surface area contributed by atoms with Crippen LogP contribution in [0.3, 0.4) is 0 Å². The Labute approximate surface area is 229 Å². The number of nitrogens with zero attached hydrogens (tertiary/aromatic N) is 1. The number of benzene rings is 3. The molecule has 0 aliphatic heterocycles. The number of hydrogen-bond acceptors (Lipinski definition) is 8. The number of nitrogens with one attached hydrogen (secondary N) is 2. The molecule has 0 fully saturated rings. The molecular weight excluding hydrogens is 528 g/mol. The molecule has 0 heterocycles. The molecule has 39 heavy (non-hydrogen) atoms. The Bertz CT molecular complexity index is 1360. The van der Waals surface area contributed by atoms with Crippen LogP contribution in [-0.4, -0.2) is 45.8 Å². The molecule has 0 saturated carbocycles. The molecular formula is C27H29ClN4O7. The minimum absolute atomic E-state index is 0.0619. The number of hydrogen-bond donors (Lipinski definition) is 6. The van der Waals surface area contributed by atoms with Crippen LogP contribution in [0.25, 0.3) is 0 Å².